The van der Waals surface area contributed by atoms with E-state index in [1.165, 1.54) is 5.56 Å². The molecule has 5 nitrogen and oxygen atoms in total. The van der Waals surface area contributed by atoms with Gasteiger partial charge in [-0.15, -0.1) is 0 Å². The Morgan fingerprint density at radius 3 is 2.62 bits per heavy atom. The lowest BCUT2D eigenvalue weighted by Crippen LogP contribution is -2.27. The average molecular weight is 384 g/mol. The van der Waals surface area contributed by atoms with E-state index in [1.807, 2.05) is 66.9 Å². The van der Waals surface area contributed by atoms with Crippen molar-refractivity contribution in [1.29, 1.82) is 5.41 Å². The number of carbonyl (C=O) groups excluding carboxylic acids is 1. The van der Waals surface area contributed by atoms with Crippen LogP contribution in [0.5, 0.6) is 0 Å². The predicted octanol–water partition coefficient (Wildman–Crippen LogP) is 3.86. The maximum Gasteiger partial charge on any atom is 0.253 e. The van der Waals surface area contributed by atoms with Crippen molar-refractivity contribution in [3.05, 3.63) is 95.7 Å². The van der Waals surface area contributed by atoms with Crippen molar-refractivity contribution >= 4 is 22.6 Å². The minimum Gasteiger partial charge on any atom is -0.387 e. The highest BCUT2D eigenvalue weighted by atomic mass is 16.1. The van der Waals surface area contributed by atoms with Gasteiger partial charge in [0.1, 0.15) is 0 Å². The van der Waals surface area contributed by atoms with Gasteiger partial charge in [0.2, 0.25) is 0 Å². The van der Waals surface area contributed by atoms with E-state index in [-0.39, 0.29) is 17.7 Å². The molecule has 0 saturated heterocycles. The first-order valence-electron chi connectivity index (χ1n) is 9.73. The van der Waals surface area contributed by atoms with Crippen LogP contribution in [0.25, 0.3) is 10.9 Å². The summed E-state index contributed by atoms with van der Waals surface area (Å²) in [5.41, 5.74) is 9.50. The summed E-state index contributed by atoms with van der Waals surface area (Å²) in [5.74, 6) is 0.0493. The van der Waals surface area contributed by atoms with Crippen molar-refractivity contribution in [3.8, 4) is 0 Å². The van der Waals surface area contributed by atoms with Crippen LogP contribution in [-0.2, 0) is 6.54 Å². The standard InChI is InChI=1S/C24H24N4O/c25-23(26)19-12-10-17(11-13-19)14-27-24(29)21-16-28(15-18-6-2-1-3-7-18)22-9-5-4-8-20(21)22/h1-12,16,19H,13-15H2,(H3,25,26)(H,27,29). The average Bonchev–Trinajstić information content (AvgIpc) is 3.12. The molecule has 1 heterocycles. The number of nitrogens with one attached hydrogen (secondary N) is 2. The summed E-state index contributed by atoms with van der Waals surface area (Å²) >= 11 is 0. The molecule has 0 fully saturated rings. The van der Waals surface area contributed by atoms with E-state index in [0.717, 1.165) is 23.0 Å². The number of carbonyl (C=O) groups is 1. The highest BCUT2D eigenvalue weighted by Crippen LogP contribution is 2.23. The van der Waals surface area contributed by atoms with Crippen molar-refractivity contribution in [3.63, 3.8) is 0 Å². The molecule has 0 aliphatic heterocycles. The van der Waals surface area contributed by atoms with Gasteiger partial charge in [0.25, 0.3) is 5.91 Å². The summed E-state index contributed by atoms with van der Waals surface area (Å²) in [6.07, 6.45) is 8.53. The number of nitrogens with zero attached hydrogens (tertiary/aromatic N) is 1. The number of nitrogens with two attached hydrogens (primary N) is 1. The summed E-state index contributed by atoms with van der Waals surface area (Å²) in [5, 5.41) is 11.5. The summed E-state index contributed by atoms with van der Waals surface area (Å²) in [4.78, 5) is 12.9. The summed E-state index contributed by atoms with van der Waals surface area (Å²) < 4.78 is 2.12. The molecule has 4 rings (SSSR count). The zero-order chi connectivity index (χ0) is 20.2. The highest BCUT2D eigenvalue weighted by molar-refractivity contribution is 6.07. The van der Waals surface area contributed by atoms with Crippen LogP contribution >= 0.6 is 0 Å². The Bertz CT molecular complexity index is 1110. The molecule has 0 bridgehead atoms. The molecule has 0 saturated carbocycles. The Morgan fingerprint density at radius 2 is 1.90 bits per heavy atom. The van der Waals surface area contributed by atoms with Crippen molar-refractivity contribution in [2.75, 3.05) is 6.54 Å². The monoisotopic (exact) mass is 384 g/mol. The second kappa shape index (κ2) is 8.19. The number of benzene rings is 2. The number of para-hydroxylation sites is 1. The highest BCUT2D eigenvalue weighted by Gasteiger charge is 2.16. The molecule has 1 unspecified atom stereocenters. The first-order valence-corrected chi connectivity index (χ1v) is 9.73. The van der Waals surface area contributed by atoms with E-state index in [4.69, 9.17) is 11.1 Å². The Labute approximate surface area is 170 Å². The van der Waals surface area contributed by atoms with Gasteiger partial charge in [0, 0.05) is 36.1 Å². The molecule has 1 atom stereocenters. The smallest absolute Gasteiger partial charge is 0.253 e. The molecule has 0 radical (unpaired) electrons. The van der Waals surface area contributed by atoms with Gasteiger partial charge in [-0.2, -0.15) is 0 Å². The number of rotatable bonds is 6. The maximum atomic E-state index is 12.9. The Hall–Kier alpha value is -3.60. The SMILES string of the molecule is N=C(N)C1C=CC(CNC(=O)c2cn(Cc3ccccc3)c3ccccc23)=CC1. The van der Waals surface area contributed by atoms with Crippen LogP contribution in [0.2, 0.25) is 0 Å². The molecular weight excluding hydrogens is 360 g/mol. The molecule has 1 aliphatic carbocycles. The second-order valence-electron chi connectivity index (χ2n) is 7.29. The van der Waals surface area contributed by atoms with Gasteiger partial charge >= 0.3 is 0 Å². The molecule has 1 amide bonds. The fraction of sp³-hybridized carbons (Fsp3) is 0.167. The number of allylic oxidation sites excluding steroid dienone is 1. The first kappa shape index (κ1) is 18.7. The molecule has 146 valence electrons. The van der Waals surface area contributed by atoms with Crippen LogP contribution in [0.1, 0.15) is 22.3 Å². The zero-order valence-electron chi connectivity index (χ0n) is 16.1. The number of amides is 1. The van der Waals surface area contributed by atoms with Gasteiger partial charge < -0.3 is 15.6 Å². The van der Waals surface area contributed by atoms with E-state index in [0.29, 0.717) is 18.5 Å². The van der Waals surface area contributed by atoms with Gasteiger partial charge in [-0.25, -0.2) is 0 Å². The van der Waals surface area contributed by atoms with Crippen molar-refractivity contribution in [2.24, 2.45) is 11.7 Å². The molecule has 3 aromatic rings. The van der Waals surface area contributed by atoms with Gasteiger partial charge in [-0.1, -0.05) is 66.8 Å². The lowest BCUT2D eigenvalue weighted by molar-refractivity contribution is 0.0958. The quantitative estimate of drug-likeness (QED) is 0.445. The maximum absolute atomic E-state index is 12.9. The first-order chi connectivity index (χ1) is 14.1. The van der Waals surface area contributed by atoms with Gasteiger partial charge in [0.05, 0.1) is 11.4 Å². The number of amidine groups is 1. The summed E-state index contributed by atoms with van der Waals surface area (Å²) in [6, 6.07) is 18.2. The van der Waals surface area contributed by atoms with Crippen LogP contribution in [-0.4, -0.2) is 22.9 Å². The third kappa shape index (κ3) is 4.14. The number of hydrogen-bond acceptors (Lipinski definition) is 2. The fourth-order valence-corrected chi connectivity index (χ4v) is 3.64. The van der Waals surface area contributed by atoms with E-state index in [9.17, 15) is 4.79 Å². The molecular formula is C24H24N4O. The third-order valence-electron chi connectivity index (χ3n) is 5.26. The Balaban J connectivity index is 1.51. The number of aromatic nitrogens is 1. The van der Waals surface area contributed by atoms with Crippen LogP contribution < -0.4 is 11.1 Å². The van der Waals surface area contributed by atoms with Crippen molar-refractivity contribution in [1.82, 2.24) is 9.88 Å². The summed E-state index contributed by atoms with van der Waals surface area (Å²) in [6.45, 7) is 1.17. The minimum atomic E-state index is -0.0870. The normalized spacial score (nSPS) is 15.9. The van der Waals surface area contributed by atoms with E-state index in [1.54, 1.807) is 0 Å². The van der Waals surface area contributed by atoms with Crippen LogP contribution in [0.15, 0.2) is 84.6 Å². The number of hydrogen-bond donors (Lipinski definition) is 3. The third-order valence-corrected chi connectivity index (χ3v) is 5.26. The van der Waals surface area contributed by atoms with Crippen LogP contribution in [0.3, 0.4) is 0 Å². The molecule has 29 heavy (non-hydrogen) atoms. The van der Waals surface area contributed by atoms with E-state index < -0.39 is 0 Å². The Kier molecular flexibility index (Phi) is 5.29. The van der Waals surface area contributed by atoms with Crippen molar-refractivity contribution < 1.29 is 4.79 Å². The van der Waals surface area contributed by atoms with Gasteiger partial charge in [-0.05, 0) is 23.6 Å². The fourth-order valence-electron chi connectivity index (χ4n) is 3.64. The topological polar surface area (TPSA) is 83.9 Å². The predicted molar refractivity (Wildman–Crippen MR) is 117 cm³/mol. The van der Waals surface area contributed by atoms with Crippen molar-refractivity contribution in [2.45, 2.75) is 13.0 Å². The van der Waals surface area contributed by atoms with Gasteiger partial charge in [-0.3, -0.25) is 10.2 Å². The summed E-state index contributed by atoms with van der Waals surface area (Å²) in [7, 11) is 0. The number of fused-ring (bicyclic) bond motifs is 1. The Morgan fingerprint density at radius 1 is 1.14 bits per heavy atom. The largest absolute Gasteiger partial charge is 0.387 e. The van der Waals surface area contributed by atoms with E-state index in [2.05, 4.69) is 22.0 Å². The van der Waals surface area contributed by atoms with Gasteiger partial charge in [0.15, 0.2) is 0 Å². The molecule has 1 aromatic heterocycles. The minimum absolute atomic E-state index is 0.0367. The zero-order valence-corrected chi connectivity index (χ0v) is 16.1. The van der Waals surface area contributed by atoms with Crippen LogP contribution in [0.4, 0.5) is 0 Å². The molecule has 5 heteroatoms. The molecule has 2 aromatic carbocycles. The molecule has 0 spiro atoms. The lowest BCUT2D eigenvalue weighted by Gasteiger charge is -2.15. The second-order valence-corrected chi connectivity index (χ2v) is 7.29. The molecule has 1 aliphatic rings. The molecule has 4 N–H and O–H groups in total. The van der Waals surface area contributed by atoms with E-state index >= 15 is 0 Å². The van der Waals surface area contributed by atoms with Crippen LogP contribution in [0, 0.1) is 11.3 Å². The lowest BCUT2D eigenvalue weighted by atomic mass is 9.96.